The first-order valence-electron chi connectivity index (χ1n) is 5.71. The molecule has 0 saturated heterocycles. The van der Waals surface area contributed by atoms with Crippen LogP contribution in [-0.2, 0) is 4.79 Å². The van der Waals surface area contributed by atoms with Crippen LogP contribution in [0.5, 0.6) is 0 Å². The summed E-state index contributed by atoms with van der Waals surface area (Å²) >= 11 is 0. The van der Waals surface area contributed by atoms with Crippen molar-refractivity contribution in [1.82, 2.24) is 5.32 Å². The van der Waals surface area contributed by atoms with Gasteiger partial charge in [0.05, 0.1) is 12.6 Å². The Kier molecular flexibility index (Phi) is 5.12. The van der Waals surface area contributed by atoms with Gasteiger partial charge >= 0.3 is 5.97 Å². The van der Waals surface area contributed by atoms with E-state index in [1.165, 1.54) is 0 Å². The van der Waals surface area contributed by atoms with Crippen molar-refractivity contribution < 1.29 is 15.0 Å². The first-order chi connectivity index (χ1) is 8.06. The van der Waals surface area contributed by atoms with Gasteiger partial charge in [0.15, 0.2) is 0 Å². The molecule has 0 aliphatic rings. The predicted molar refractivity (Wildman–Crippen MR) is 65.7 cm³/mol. The number of carboxylic acid groups (broad SMARTS) is 1. The number of aliphatic hydroxyl groups is 1. The molecule has 0 aliphatic carbocycles. The Bertz CT molecular complexity index is 351. The van der Waals surface area contributed by atoms with Gasteiger partial charge in [0.1, 0.15) is 6.04 Å². The minimum absolute atomic E-state index is 0.0368. The number of benzene rings is 1. The Morgan fingerprint density at radius 1 is 1.29 bits per heavy atom. The summed E-state index contributed by atoms with van der Waals surface area (Å²) in [5.74, 6) is -0.931. The second-order valence-corrected chi connectivity index (χ2v) is 4.37. The molecule has 1 rings (SSSR count). The quantitative estimate of drug-likeness (QED) is 0.700. The lowest BCUT2D eigenvalue weighted by Crippen LogP contribution is -2.43. The van der Waals surface area contributed by atoms with E-state index in [-0.39, 0.29) is 18.6 Å². The summed E-state index contributed by atoms with van der Waals surface area (Å²) in [4.78, 5) is 11.1. The summed E-state index contributed by atoms with van der Waals surface area (Å²) in [7, 11) is 0. The van der Waals surface area contributed by atoms with Crippen molar-refractivity contribution in [2.75, 3.05) is 6.61 Å². The molecule has 0 bridgehead atoms. The van der Waals surface area contributed by atoms with E-state index >= 15 is 0 Å². The van der Waals surface area contributed by atoms with Gasteiger partial charge in [0.2, 0.25) is 0 Å². The van der Waals surface area contributed by atoms with Crippen LogP contribution >= 0.6 is 0 Å². The van der Waals surface area contributed by atoms with Crippen LogP contribution in [0.4, 0.5) is 0 Å². The fourth-order valence-corrected chi connectivity index (χ4v) is 1.71. The van der Waals surface area contributed by atoms with Crippen LogP contribution in [-0.4, -0.2) is 28.8 Å². The van der Waals surface area contributed by atoms with E-state index in [1.54, 1.807) is 0 Å². The molecule has 0 spiro atoms. The Morgan fingerprint density at radius 3 is 2.29 bits per heavy atom. The van der Waals surface area contributed by atoms with Crippen LogP contribution in [0.2, 0.25) is 0 Å². The van der Waals surface area contributed by atoms with Gasteiger partial charge in [0, 0.05) is 0 Å². The molecule has 0 fully saturated rings. The third-order valence-corrected chi connectivity index (χ3v) is 2.70. The molecule has 2 unspecified atom stereocenters. The molecule has 2 atom stereocenters. The normalized spacial score (nSPS) is 14.6. The van der Waals surface area contributed by atoms with Crippen molar-refractivity contribution >= 4 is 5.97 Å². The Morgan fingerprint density at radius 2 is 1.88 bits per heavy atom. The van der Waals surface area contributed by atoms with E-state index in [1.807, 2.05) is 44.2 Å². The summed E-state index contributed by atoms with van der Waals surface area (Å²) < 4.78 is 0. The monoisotopic (exact) mass is 237 g/mol. The standard InChI is InChI=1S/C13H19NO3/c1-9(2)12(13(16)17)14-11(8-15)10-6-4-3-5-7-10/h3-7,9,11-12,14-15H,8H2,1-2H3,(H,16,17). The van der Waals surface area contributed by atoms with Gasteiger partial charge in [-0.1, -0.05) is 44.2 Å². The number of aliphatic carboxylic acids is 1. The van der Waals surface area contributed by atoms with Gasteiger partial charge in [-0.05, 0) is 11.5 Å². The van der Waals surface area contributed by atoms with Crippen molar-refractivity contribution in [3.63, 3.8) is 0 Å². The Labute approximate surface area is 101 Å². The van der Waals surface area contributed by atoms with Crippen LogP contribution in [0.3, 0.4) is 0 Å². The number of aliphatic hydroxyl groups excluding tert-OH is 1. The third kappa shape index (κ3) is 3.84. The highest BCUT2D eigenvalue weighted by molar-refractivity contribution is 5.73. The van der Waals surface area contributed by atoms with Crippen molar-refractivity contribution in [2.24, 2.45) is 5.92 Å². The van der Waals surface area contributed by atoms with Gasteiger partial charge in [-0.15, -0.1) is 0 Å². The van der Waals surface area contributed by atoms with Gasteiger partial charge in [-0.2, -0.15) is 0 Å². The molecule has 1 aromatic rings. The summed E-state index contributed by atoms with van der Waals surface area (Å²) in [6.07, 6.45) is 0. The zero-order chi connectivity index (χ0) is 12.8. The average molecular weight is 237 g/mol. The molecule has 94 valence electrons. The number of nitrogens with one attached hydrogen (secondary N) is 1. The van der Waals surface area contributed by atoms with E-state index in [2.05, 4.69) is 5.32 Å². The minimum Gasteiger partial charge on any atom is -0.480 e. The maximum absolute atomic E-state index is 11.1. The van der Waals surface area contributed by atoms with E-state index < -0.39 is 12.0 Å². The second-order valence-electron chi connectivity index (χ2n) is 4.37. The molecule has 4 heteroatoms. The second kappa shape index (κ2) is 6.37. The molecule has 1 aromatic carbocycles. The highest BCUT2D eigenvalue weighted by Crippen LogP contribution is 2.15. The summed E-state index contributed by atoms with van der Waals surface area (Å²) in [6, 6.07) is 8.34. The SMILES string of the molecule is CC(C)C(NC(CO)c1ccccc1)C(=O)O. The molecule has 17 heavy (non-hydrogen) atoms. The minimum atomic E-state index is -0.894. The lowest BCUT2D eigenvalue weighted by molar-refractivity contribution is -0.141. The molecule has 0 radical (unpaired) electrons. The van der Waals surface area contributed by atoms with E-state index in [0.29, 0.717) is 0 Å². The van der Waals surface area contributed by atoms with Crippen molar-refractivity contribution in [1.29, 1.82) is 0 Å². The van der Waals surface area contributed by atoms with E-state index in [0.717, 1.165) is 5.56 Å². The lowest BCUT2D eigenvalue weighted by atomic mass is 10.0. The first-order valence-corrected chi connectivity index (χ1v) is 5.71. The Balaban J connectivity index is 2.79. The van der Waals surface area contributed by atoms with Gasteiger partial charge < -0.3 is 10.2 Å². The van der Waals surface area contributed by atoms with E-state index in [4.69, 9.17) is 5.11 Å². The van der Waals surface area contributed by atoms with Crippen molar-refractivity contribution in [2.45, 2.75) is 25.9 Å². The molecule has 0 heterocycles. The zero-order valence-electron chi connectivity index (χ0n) is 10.1. The molecular weight excluding hydrogens is 218 g/mol. The molecule has 0 aliphatic heterocycles. The number of hydrogen-bond acceptors (Lipinski definition) is 3. The van der Waals surface area contributed by atoms with Gasteiger partial charge in [-0.3, -0.25) is 10.1 Å². The van der Waals surface area contributed by atoms with E-state index in [9.17, 15) is 9.90 Å². The number of hydrogen-bond donors (Lipinski definition) is 3. The molecule has 0 saturated carbocycles. The van der Waals surface area contributed by atoms with Crippen LogP contribution < -0.4 is 5.32 Å². The molecule has 3 N–H and O–H groups in total. The van der Waals surface area contributed by atoms with Crippen molar-refractivity contribution in [3.05, 3.63) is 35.9 Å². The number of carbonyl (C=O) groups is 1. The predicted octanol–water partition coefficient (Wildman–Crippen LogP) is 1.42. The highest BCUT2D eigenvalue weighted by atomic mass is 16.4. The average Bonchev–Trinajstić information content (AvgIpc) is 2.30. The fourth-order valence-electron chi connectivity index (χ4n) is 1.71. The fraction of sp³-hybridized carbons (Fsp3) is 0.462. The van der Waals surface area contributed by atoms with Crippen molar-refractivity contribution in [3.8, 4) is 0 Å². The Hall–Kier alpha value is -1.39. The topological polar surface area (TPSA) is 69.6 Å². The largest absolute Gasteiger partial charge is 0.480 e. The van der Waals surface area contributed by atoms with Gasteiger partial charge in [-0.25, -0.2) is 0 Å². The molecule has 0 aromatic heterocycles. The summed E-state index contributed by atoms with van der Waals surface area (Å²) in [6.45, 7) is 3.55. The summed E-state index contributed by atoms with van der Waals surface area (Å²) in [5, 5.41) is 21.4. The lowest BCUT2D eigenvalue weighted by Gasteiger charge is -2.24. The summed E-state index contributed by atoms with van der Waals surface area (Å²) in [5.41, 5.74) is 0.891. The molecular formula is C13H19NO3. The first kappa shape index (κ1) is 13.7. The smallest absolute Gasteiger partial charge is 0.320 e. The van der Waals surface area contributed by atoms with Crippen LogP contribution in [0.15, 0.2) is 30.3 Å². The van der Waals surface area contributed by atoms with Crippen LogP contribution in [0, 0.1) is 5.92 Å². The number of rotatable bonds is 6. The zero-order valence-corrected chi connectivity index (χ0v) is 10.1. The van der Waals surface area contributed by atoms with Gasteiger partial charge in [0.25, 0.3) is 0 Å². The highest BCUT2D eigenvalue weighted by Gasteiger charge is 2.24. The third-order valence-electron chi connectivity index (χ3n) is 2.70. The van der Waals surface area contributed by atoms with Crippen LogP contribution in [0.25, 0.3) is 0 Å². The molecule has 0 amide bonds. The maximum Gasteiger partial charge on any atom is 0.320 e. The number of carboxylic acids is 1. The van der Waals surface area contributed by atoms with Crippen LogP contribution in [0.1, 0.15) is 25.5 Å². The molecule has 4 nitrogen and oxygen atoms in total. The maximum atomic E-state index is 11.1.